The predicted molar refractivity (Wildman–Crippen MR) is 51.9 cm³/mol. The molecule has 1 unspecified atom stereocenters. The van der Waals surface area contributed by atoms with E-state index in [4.69, 9.17) is 9.47 Å². The van der Waals surface area contributed by atoms with E-state index in [2.05, 4.69) is 0 Å². The van der Waals surface area contributed by atoms with Gasteiger partial charge in [0.05, 0.1) is 12.2 Å². The number of ether oxygens (including phenoxy) is 2. The highest BCUT2D eigenvalue weighted by molar-refractivity contribution is 5.90. The molecule has 15 heavy (non-hydrogen) atoms. The molecule has 1 aromatic rings. The van der Waals surface area contributed by atoms with Crippen molar-refractivity contribution in [2.75, 3.05) is 13.2 Å². The average molecular weight is 206 g/mol. The number of aldehydes is 1. The highest BCUT2D eigenvalue weighted by Crippen LogP contribution is 2.10. The number of carbonyl (C=O) groups excluding carboxylic acids is 2. The summed E-state index contributed by atoms with van der Waals surface area (Å²) in [4.78, 5) is 21.8. The van der Waals surface area contributed by atoms with Crippen LogP contribution in [0.25, 0.3) is 0 Å². The first kappa shape index (κ1) is 9.86. The standard InChI is InChI=1S/C11H10O4/c12-5-8-1-3-9(4-2-8)11(13)15-7-10-6-14-10/h1-5,10H,6-7H2. The molecule has 0 amide bonds. The minimum atomic E-state index is -0.386. The van der Waals surface area contributed by atoms with Crippen molar-refractivity contribution in [2.24, 2.45) is 0 Å². The Morgan fingerprint density at radius 1 is 1.47 bits per heavy atom. The van der Waals surface area contributed by atoms with Gasteiger partial charge in [0.25, 0.3) is 0 Å². The Labute approximate surface area is 86.8 Å². The molecule has 1 saturated heterocycles. The molecule has 1 heterocycles. The highest BCUT2D eigenvalue weighted by atomic mass is 16.6. The number of hydrogen-bond donors (Lipinski definition) is 0. The van der Waals surface area contributed by atoms with Gasteiger partial charge in [-0.3, -0.25) is 4.79 Å². The van der Waals surface area contributed by atoms with Crippen LogP contribution in [-0.4, -0.2) is 31.6 Å². The van der Waals surface area contributed by atoms with E-state index in [1.807, 2.05) is 0 Å². The summed E-state index contributed by atoms with van der Waals surface area (Å²) in [6.07, 6.45) is 0.802. The van der Waals surface area contributed by atoms with E-state index in [1.165, 1.54) is 0 Å². The molecule has 1 fully saturated rings. The molecule has 78 valence electrons. The van der Waals surface area contributed by atoms with E-state index in [1.54, 1.807) is 24.3 Å². The van der Waals surface area contributed by atoms with Gasteiger partial charge in [-0.1, -0.05) is 12.1 Å². The van der Waals surface area contributed by atoms with Gasteiger partial charge >= 0.3 is 5.97 Å². The first-order chi connectivity index (χ1) is 7.29. The van der Waals surface area contributed by atoms with Crippen LogP contribution < -0.4 is 0 Å². The van der Waals surface area contributed by atoms with Crippen LogP contribution in [0.15, 0.2) is 24.3 Å². The zero-order chi connectivity index (χ0) is 10.7. The fourth-order valence-corrected chi connectivity index (χ4v) is 1.11. The number of epoxide rings is 1. The minimum Gasteiger partial charge on any atom is -0.459 e. The molecule has 1 aliphatic heterocycles. The number of esters is 1. The molecule has 0 radical (unpaired) electrons. The van der Waals surface area contributed by atoms with Crippen molar-refractivity contribution in [1.29, 1.82) is 0 Å². The lowest BCUT2D eigenvalue weighted by Gasteiger charge is -2.02. The van der Waals surface area contributed by atoms with Gasteiger partial charge in [-0.05, 0) is 12.1 Å². The Bertz CT molecular complexity index is 365. The molecular formula is C11H10O4. The fourth-order valence-electron chi connectivity index (χ4n) is 1.11. The van der Waals surface area contributed by atoms with Gasteiger partial charge in [0, 0.05) is 5.56 Å². The molecule has 0 N–H and O–H groups in total. The van der Waals surface area contributed by atoms with E-state index in [9.17, 15) is 9.59 Å². The Hall–Kier alpha value is -1.68. The zero-order valence-corrected chi connectivity index (χ0v) is 8.01. The molecule has 1 aliphatic rings. The second-order valence-corrected chi connectivity index (χ2v) is 3.29. The van der Waals surface area contributed by atoms with Crippen LogP contribution in [0, 0.1) is 0 Å². The van der Waals surface area contributed by atoms with Crippen molar-refractivity contribution >= 4 is 12.3 Å². The summed E-state index contributed by atoms with van der Waals surface area (Å²) in [5.74, 6) is -0.386. The SMILES string of the molecule is O=Cc1ccc(C(=O)OCC2CO2)cc1. The lowest BCUT2D eigenvalue weighted by atomic mass is 10.1. The zero-order valence-electron chi connectivity index (χ0n) is 8.01. The smallest absolute Gasteiger partial charge is 0.338 e. The highest BCUT2D eigenvalue weighted by Gasteiger charge is 2.24. The van der Waals surface area contributed by atoms with Gasteiger partial charge in [-0.25, -0.2) is 4.79 Å². The van der Waals surface area contributed by atoms with E-state index >= 15 is 0 Å². The molecule has 0 saturated carbocycles. The quantitative estimate of drug-likeness (QED) is 0.420. The summed E-state index contributed by atoms with van der Waals surface area (Å²) in [7, 11) is 0. The maximum atomic E-state index is 11.4. The van der Waals surface area contributed by atoms with Crippen molar-refractivity contribution in [3.05, 3.63) is 35.4 Å². The molecule has 1 aromatic carbocycles. The molecule has 0 aromatic heterocycles. The minimum absolute atomic E-state index is 0.0724. The summed E-state index contributed by atoms with van der Waals surface area (Å²) >= 11 is 0. The van der Waals surface area contributed by atoms with E-state index < -0.39 is 0 Å². The molecule has 1 atom stereocenters. The number of benzene rings is 1. The van der Waals surface area contributed by atoms with Crippen LogP contribution in [-0.2, 0) is 9.47 Å². The lowest BCUT2D eigenvalue weighted by molar-refractivity contribution is 0.0476. The first-order valence-corrected chi connectivity index (χ1v) is 4.63. The summed E-state index contributed by atoms with van der Waals surface area (Å²) in [6.45, 7) is 0.964. The number of carbonyl (C=O) groups is 2. The second-order valence-electron chi connectivity index (χ2n) is 3.29. The Morgan fingerprint density at radius 2 is 2.13 bits per heavy atom. The first-order valence-electron chi connectivity index (χ1n) is 4.63. The van der Waals surface area contributed by atoms with E-state index in [0.29, 0.717) is 24.3 Å². The molecule has 0 aliphatic carbocycles. The van der Waals surface area contributed by atoms with E-state index in [-0.39, 0.29) is 12.1 Å². The van der Waals surface area contributed by atoms with Crippen LogP contribution in [0.2, 0.25) is 0 Å². The summed E-state index contributed by atoms with van der Waals surface area (Å²) in [5, 5.41) is 0. The van der Waals surface area contributed by atoms with Crippen LogP contribution in [0.4, 0.5) is 0 Å². The van der Waals surface area contributed by atoms with Gasteiger partial charge in [-0.2, -0.15) is 0 Å². The largest absolute Gasteiger partial charge is 0.459 e. The third-order valence-corrected chi connectivity index (χ3v) is 2.09. The van der Waals surface area contributed by atoms with Gasteiger partial charge < -0.3 is 9.47 Å². The summed E-state index contributed by atoms with van der Waals surface area (Å²) < 4.78 is 9.88. The van der Waals surface area contributed by atoms with E-state index in [0.717, 1.165) is 6.29 Å². The maximum absolute atomic E-state index is 11.4. The van der Waals surface area contributed by atoms with Gasteiger partial charge in [0.2, 0.25) is 0 Å². The molecule has 0 bridgehead atoms. The van der Waals surface area contributed by atoms with Crippen LogP contribution >= 0.6 is 0 Å². The van der Waals surface area contributed by atoms with Crippen molar-refractivity contribution in [3.63, 3.8) is 0 Å². The number of hydrogen-bond acceptors (Lipinski definition) is 4. The molecular weight excluding hydrogens is 196 g/mol. The Balaban J connectivity index is 1.94. The Kier molecular flexibility index (Phi) is 2.78. The maximum Gasteiger partial charge on any atom is 0.338 e. The molecule has 4 heteroatoms. The topological polar surface area (TPSA) is 55.9 Å². The van der Waals surface area contributed by atoms with Crippen LogP contribution in [0.1, 0.15) is 20.7 Å². The van der Waals surface area contributed by atoms with Crippen molar-refractivity contribution < 1.29 is 19.1 Å². The van der Waals surface area contributed by atoms with Crippen molar-refractivity contribution in [3.8, 4) is 0 Å². The lowest BCUT2D eigenvalue weighted by Crippen LogP contribution is -2.09. The predicted octanol–water partition coefficient (Wildman–Crippen LogP) is 1.05. The third kappa shape index (κ3) is 2.63. The molecule has 0 spiro atoms. The average Bonchev–Trinajstić information content (AvgIpc) is 3.10. The third-order valence-electron chi connectivity index (χ3n) is 2.09. The van der Waals surface area contributed by atoms with Crippen molar-refractivity contribution in [1.82, 2.24) is 0 Å². The fraction of sp³-hybridized carbons (Fsp3) is 0.273. The monoisotopic (exact) mass is 206 g/mol. The number of rotatable bonds is 4. The Morgan fingerprint density at radius 3 is 2.67 bits per heavy atom. The molecule has 4 nitrogen and oxygen atoms in total. The van der Waals surface area contributed by atoms with Crippen molar-refractivity contribution in [2.45, 2.75) is 6.10 Å². The second kappa shape index (κ2) is 4.23. The van der Waals surface area contributed by atoms with Gasteiger partial charge in [0.15, 0.2) is 0 Å². The van der Waals surface area contributed by atoms with Gasteiger partial charge in [-0.15, -0.1) is 0 Å². The normalized spacial score (nSPS) is 18.3. The van der Waals surface area contributed by atoms with Crippen LogP contribution in [0.3, 0.4) is 0 Å². The molecule has 2 rings (SSSR count). The van der Waals surface area contributed by atoms with Gasteiger partial charge in [0.1, 0.15) is 19.0 Å². The summed E-state index contributed by atoms with van der Waals surface area (Å²) in [5.41, 5.74) is 0.985. The van der Waals surface area contributed by atoms with Crippen LogP contribution in [0.5, 0.6) is 0 Å². The summed E-state index contributed by atoms with van der Waals surface area (Å²) in [6, 6.07) is 6.30.